The van der Waals surface area contributed by atoms with Gasteiger partial charge in [-0.05, 0) is 47.2 Å². The van der Waals surface area contributed by atoms with E-state index in [-0.39, 0.29) is 39.7 Å². The van der Waals surface area contributed by atoms with Crippen LogP contribution in [0.2, 0.25) is 0 Å². The first-order valence-electron chi connectivity index (χ1n) is 13.8. The third kappa shape index (κ3) is 9.82. The van der Waals surface area contributed by atoms with E-state index in [0.29, 0.717) is 11.8 Å². The number of aryl methyl sites for hydroxylation is 2. The van der Waals surface area contributed by atoms with Crippen molar-refractivity contribution in [3.05, 3.63) is 134 Å². The summed E-state index contributed by atoms with van der Waals surface area (Å²) in [5.41, 5.74) is 9.98. The van der Waals surface area contributed by atoms with Gasteiger partial charge in [-0.15, -0.1) is 81.8 Å². The Morgan fingerprint density at radius 1 is 0.591 bits per heavy atom. The molecular weight excluding hydrogens is 675 g/mol. The van der Waals surface area contributed by atoms with Crippen molar-refractivity contribution in [3.8, 4) is 22.5 Å². The third-order valence-electron chi connectivity index (χ3n) is 7.19. The second kappa shape index (κ2) is 19.2. The minimum absolute atomic E-state index is 0. The Hall–Kier alpha value is -2.36. The van der Waals surface area contributed by atoms with E-state index < -0.39 is 0 Å². The number of hydrogen-bond donors (Lipinski definition) is 0. The molecule has 0 N–H and O–H groups in total. The van der Waals surface area contributed by atoms with Crippen LogP contribution in [0.15, 0.2) is 97.3 Å². The summed E-state index contributed by atoms with van der Waals surface area (Å²) < 4.78 is 0. The van der Waals surface area contributed by atoms with Crippen molar-refractivity contribution in [3.63, 3.8) is 0 Å². The standard InChI is InChI=1S/2C18H18N.2CH3.2ClH.Si.Zr/c2*1-12(2)14-10-15-8-13(3)9-16(15)17(11-14)18-6-4-5-7-19-18;;;;;;/h2*4-12H,1-3H3;2*1H3;2*1H;;/q4*-1;;;;. The number of pyridine rings is 2. The minimum atomic E-state index is 0. The van der Waals surface area contributed by atoms with E-state index in [1.807, 2.05) is 36.7 Å². The predicted molar refractivity (Wildman–Crippen MR) is 196 cm³/mol. The summed E-state index contributed by atoms with van der Waals surface area (Å²) in [7, 11) is 0. The molecule has 44 heavy (non-hydrogen) atoms. The quantitative estimate of drug-likeness (QED) is 0.134. The van der Waals surface area contributed by atoms with Gasteiger partial charge in [0.2, 0.25) is 0 Å². The monoisotopic (exact) mass is 716 g/mol. The number of rotatable bonds is 4. The second-order valence-electron chi connectivity index (χ2n) is 10.9. The first-order valence-corrected chi connectivity index (χ1v) is 18.0. The molecule has 0 fully saturated rings. The fourth-order valence-corrected chi connectivity index (χ4v) is 5.12. The molecule has 6 aromatic rings. The maximum absolute atomic E-state index is 4.51. The first kappa shape index (κ1) is 41.6. The Bertz CT molecular complexity index is 1580. The summed E-state index contributed by atoms with van der Waals surface area (Å²) in [4.78, 5) is 9.02. The molecule has 0 atom stereocenters. The van der Waals surface area contributed by atoms with Gasteiger partial charge in [0, 0.05) is 12.4 Å². The Morgan fingerprint density at radius 3 is 1.25 bits per heavy atom. The number of hydrogen-bond acceptors (Lipinski definition) is 2. The molecule has 6 rings (SSSR count). The van der Waals surface area contributed by atoms with Gasteiger partial charge in [-0.1, -0.05) is 76.9 Å². The number of halogens is 2. The molecule has 2 nitrogen and oxygen atoms in total. The summed E-state index contributed by atoms with van der Waals surface area (Å²) in [6.07, 6.45) is 3.72. The first-order chi connectivity index (χ1) is 19.3. The normalized spacial score (nSPS) is 9.89. The third-order valence-corrected chi connectivity index (χ3v) is 7.19. The average molecular weight is 719 g/mol. The van der Waals surface area contributed by atoms with Gasteiger partial charge in [0.25, 0.3) is 0 Å². The molecule has 0 saturated heterocycles. The Kier molecular flexibility index (Phi) is 18.2. The van der Waals surface area contributed by atoms with Crippen LogP contribution < -0.4 is 0 Å². The van der Waals surface area contributed by atoms with Gasteiger partial charge in [0.15, 0.2) is 0 Å². The van der Waals surface area contributed by atoms with Gasteiger partial charge in [0.1, 0.15) is 0 Å². The summed E-state index contributed by atoms with van der Waals surface area (Å²) in [6.45, 7) is 16.3. The molecule has 0 saturated carbocycles. The van der Waals surface area contributed by atoms with E-state index in [1.165, 1.54) is 78.3 Å². The van der Waals surface area contributed by atoms with Crippen molar-refractivity contribution < 1.29 is 23.3 Å². The molecule has 0 amide bonds. The summed E-state index contributed by atoms with van der Waals surface area (Å²) in [5, 5.41) is 5.26. The van der Waals surface area contributed by atoms with E-state index >= 15 is 0 Å². The van der Waals surface area contributed by atoms with Gasteiger partial charge < -0.3 is 14.9 Å². The molecular formula is C38H44Cl2N2SiZr-4. The van der Waals surface area contributed by atoms with Crippen LogP contribution in [-0.4, -0.2) is 16.8 Å². The molecule has 0 spiro atoms. The predicted octanol–water partition coefficient (Wildman–Crippen LogP) is 11.5. The summed E-state index contributed by atoms with van der Waals surface area (Å²) >= 11 is 1.36. The van der Waals surface area contributed by atoms with Gasteiger partial charge in [-0.25, -0.2) is 0 Å². The maximum atomic E-state index is 4.51. The van der Waals surface area contributed by atoms with Crippen LogP contribution in [-0.2, 0) is 23.3 Å². The molecule has 0 bridgehead atoms. The van der Waals surface area contributed by atoms with Crippen LogP contribution in [0.1, 0.15) is 61.8 Å². The topological polar surface area (TPSA) is 25.8 Å². The Balaban J connectivity index is 0.000000733. The molecule has 232 valence electrons. The van der Waals surface area contributed by atoms with E-state index in [4.69, 9.17) is 0 Å². The molecule has 2 aromatic heterocycles. The Morgan fingerprint density at radius 2 is 0.955 bits per heavy atom. The zero-order valence-corrected chi connectivity index (χ0v) is 32.2. The van der Waals surface area contributed by atoms with Crippen molar-refractivity contribution >= 4 is 53.2 Å². The van der Waals surface area contributed by atoms with Crippen LogP contribution in [0.3, 0.4) is 0 Å². The number of aromatic nitrogens is 2. The van der Waals surface area contributed by atoms with E-state index in [9.17, 15) is 0 Å². The Labute approximate surface area is 294 Å². The number of benzene rings is 2. The number of nitrogens with zero attached hydrogens (tertiary/aromatic N) is 2. The van der Waals surface area contributed by atoms with E-state index in [1.54, 1.807) is 0 Å². The van der Waals surface area contributed by atoms with Gasteiger partial charge >= 0.3 is 30.2 Å². The fraction of sp³-hybridized carbons (Fsp3) is 0.211. The molecule has 0 aliphatic heterocycles. The van der Waals surface area contributed by atoms with Crippen LogP contribution in [0.4, 0.5) is 0 Å². The zero-order valence-electron chi connectivity index (χ0n) is 27.1. The van der Waals surface area contributed by atoms with Crippen molar-refractivity contribution in [1.29, 1.82) is 0 Å². The van der Waals surface area contributed by atoms with Crippen molar-refractivity contribution in [2.45, 2.75) is 53.4 Å². The molecule has 2 heterocycles. The van der Waals surface area contributed by atoms with Crippen molar-refractivity contribution in [1.82, 2.24) is 9.97 Å². The molecule has 6 heteroatoms. The molecule has 0 aliphatic carbocycles. The average Bonchev–Trinajstić information content (AvgIpc) is 3.54. The SMILES string of the molecule is Cc1cc2c(-c3ccccn3)cc(C(C)C)cc2[cH-]1.Cc1cc2c(-c3ccccn3)cc(C(C)C)cc2[cH-]1.Cl.Cl.[CH3-].[CH3-].[Si]=[Zr]. The molecule has 4 aromatic carbocycles. The fourth-order valence-electron chi connectivity index (χ4n) is 5.12. The van der Waals surface area contributed by atoms with Gasteiger partial charge in [-0.2, -0.15) is 12.1 Å². The van der Waals surface area contributed by atoms with Gasteiger partial charge in [-0.3, -0.25) is 9.97 Å². The summed E-state index contributed by atoms with van der Waals surface area (Å²) in [6, 6.07) is 30.4. The van der Waals surface area contributed by atoms with Crippen LogP contribution in [0.25, 0.3) is 44.1 Å². The van der Waals surface area contributed by atoms with Crippen molar-refractivity contribution in [2.24, 2.45) is 0 Å². The van der Waals surface area contributed by atoms with Crippen LogP contribution >= 0.6 is 24.8 Å². The number of fused-ring (bicyclic) bond motifs is 2. The van der Waals surface area contributed by atoms with Gasteiger partial charge in [0.05, 0.1) is 11.4 Å². The van der Waals surface area contributed by atoms with E-state index in [0.717, 1.165) is 11.4 Å². The zero-order chi connectivity index (χ0) is 28.8. The summed E-state index contributed by atoms with van der Waals surface area (Å²) in [5.74, 6) is 1.06. The molecule has 2 radical (unpaired) electrons. The van der Waals surface area contributed by atoms with E-state index in [2.05, 4.69) is 119 Å². The van der Waals surface area contributed by atoms with Crippen molar-refractivity contribution in [2.75, 3.05) is 0 Å². The van der Waals surface area contributed by atoms with Crippen LogP contribution in [0.5, 0.6) is 0 Å². The second-order valence-corrected chi connectivity index (χ2v) is 10.9. The van der Waals surface area contributed by atoms with Crippen LogP contribution in [0, 0.1) is 28.7 Å². The molecule has 0 aliphatic rings. The molecule has 0 unspecified atom stereocenters.